The van der Waals surface area contributed by atoms with Crippen LogP contribution in [0.1, 0.15) is 32.2 Å². The molecule has 0 saturated heterocycles. The Morgan fingerprint density at radius 1 is 1.21 bits per heavy atom. The van der Waals surface area contributed by atoms with Gasteiger partial charge < -0.3 is 14.2 Å². The third kappa shape index (κ3) is 2.50. The van der Waals surface area contributed by atoms with E-state index in [0.29, 0.717) is 5.56 Å². The van der Waals surface area contributed by atoms with E-state index in [1.807, 2.05) is 0 Å². The number of aromatic carboxylic acids is 1. The van der Waals surface area contributed by atoms with Crippen molar-refractivity contribution in [1.29, 1.82) is 0 Å². The summed E-state index contributed by atoms with van der Waals surface area (Å²) in [4.78, 5) is 24.3. The molecule has 0 amide bonds. The van der Waals surface area contributed by atoms with Crippen LogP contribution in [0.15, 0.2) is 41.1 Å². The second-order valence-corrected chi connectivity index (χ2v) is 5.29. The number of carboxylic acid groups (broad SMARTS) is 1. The average molecular weight is 328 g/mol. The van der Waals surface area contributed by atoms with Crippen molar-refractivity contribution in [2.24, 2.45) is 7.05 Å². The Bertz CT molecular complexity index is 938. The van der Waals surface area contributed by atoms with Crippen molar-refractivity contribution in [3.05, 3.63) is 64.9 Å². The maximum Gasteiger partial charge on any atom is 0.353 e. The lowest BCUT2D eigenvalue weighted by atomic mass is 9.98. The van der Waals surface area contributed by atoms with Crippen LogP contribution in [0.4, 0.5) is 4.39 Å². The molecule has 0 radical (unpaired) electrons. The highest BCUT2D eigenvalue weighted by molar-refractivity contribution is 6.16. The van der Waals surface area contributed by atoms with Crippen LogP contribution in [0.25, 0.3) is 11.3 Å². The number of aryl methyl sites for hydroxylation is 2. The van der Waals surface area contributed by atoms with E-state index in [4.69, 9.17) is 4.52 Å². The first kappa shape index (κ1) is 15.7. The van der Waals surface area contributed by atoms with Crippen molar-refractivity contribution in [2.45, 2.75) is 6.92 Å². The molecule has 0 aliphatic heterocycles. The van der Waals surface area contributed by atoms with Gasteiger partial charge in [0.1, 0.15) is 23.0 Å². The number of rotatable bonds is 4. The Morgan fingerprint density at radius 2 is 1.88 bits per heavy atom. The number of ketones is 1. The normalized spacial score (nSPS) is 10.8. The van der Waals surface area contributed by atoms with Gasteiger partial charge in [-0.3, -0.25) is 4.79 Å². The van der Waals surface area contributed by atoms with Gasteiger partial charge in [0.2, 0.25) is 5.78 Å². The third-order valence-electron chi connectivity index (χ3n) is 3.73. The number of halogens is 1. The van der Waals surface area contributed by atoms with E-state index in [1.54, 1.807) is 14.0 Å². The number of carbonyl (C=O) groups is 2. The zero-order valence-corrected chi connectivity index (χ0v) is 12.9. The maximum absolute atomic E-state index is 13.1. The minimum Gasteiger partial charge on any atom is -0.477 e. The molecule has 3 aromatic rings. The van der Waals surface area contributed by atoms with Gasteiger partial charge in [-0.2, -0.15) is 0 Å². The molecule has 0 fully saturated rings. The molecule has 6 nitrogen and oxygen atoms in total. The number of benzene rings is 1. The smallest absolute Gasteiger partial charge is 0.353 e. The maximum atomic E-state index is 13.1. The first-order valence-corrected chi connectivity index (χ1v) is 7.05. The molecule has 0 atom stereocenters. The lowest BCUT2D eigenvalue weighted by Crippen LogP contribution is -2.12. The fourth-order valence-corrected chi connectivity index (χ4v) is 2.56. The molecule has 0 spiro atoms. The highest BCUT2D eigenvalue weighted by Gasteiger charge is 2.27. The van der Waals surface area contributed by atoms with E-state index in [2.05, 4.69) is 5.16 Å². The highest BCUT2D eigenvalue weighted by atomic mass is 19.1. The molecule has 1 aromatic carbocycles. The Morgan fingerprint density at radius 3 is 2.50 bits per heavy atom. The van der Waals surface area contributed by atoms with E-state index in [9.17, 15) is 19.1 Å². The van der Waals surface area contributed by atoms with E-state index in [0.717, 1.165) is 0 Å². The lowest BCUT2D eigenvalue weighted by Gasteiger charge is -2.04. The molecule has 1 N–H and O–H groups in total. The molecule has 0 aliphatic carbocycles. The molecule has 0 bridgehead atoms. The van der Waals surface area contributed by atoms with Crippen molar-refractivity contribution >= 4 is 11.8 Å². The molecule has 2 aromatic heterocycles. The van der Waals surface area contributed by atoms with Gasteiger partial charge in [-0.05, 0) is 37.3 Å². The summed E-state index contributed by atoms with van der Waals surface area (Å²) in [5.41, 5.74) is 0.836. The van der Waals surface area contributed by atoms with Crippen LogP contribution in [0.2, 0.25) is 0 Å². The highest BCUT2D eigenvalue weighted by Crippen LogP contribution is 2.28. The van der Waals surface area contributed by atoms with Crippen molar-refractivity contribution in [3.63, 3.8) is 0 Å². The largest absolute Gasteiger partial charge is 0.477 e. The molecule has 0 unspecified atom stereocenters. The van der Waals surface area contributed by atoms with Gasteiger partial charge in [0.05, 0.1) is 11.1 Å². The Balaban J connectivity index is 2.14. The molecular formula is C17H13FN2O4. The second-order valence-electron chi connectivity index (χ2n) is 5.29. The monoisotopic (exact) mass is 328 g/mol. The summed E-state index contributed by atoms with van der Waals surface area (Å²) in [5.74, 6) is -1.86. The average Bonchev–Trinajstić information content (AvgIpc) is 3.10. The fraction of sp³-hybridized carbons (Fsp3) is 0.118. The molecular weight excluding hydrogens is 315 g/mol. The van der Waals surface area contributed by atoms with Crippen LogP contribution in [0.5, 0.6) is 0 Å². The summed E-state index contributed by atoms with van der Waals surface area (Å²) >= 11 is 0. The molecule has 122 valence electrons. The van der Waals surface area contributed by atoms with Crippen molar-refractivity contribution in [2.75, 3.05) is 0 Å². The van der Waals surface area contributed by atoms with Crippen molar-refractivity contribution in [3.8, 4) is 11.3 Å². The predicted molar refractivity (Wildman–Crippen MR) is 82.4 cm³/mol. The van der Waals surface area contributed by atoms with Crippen LogP contribution >= 0.6 is 0 Å². The van der Waals surface area contributed by atoms with Crippen LogP contribution in [0, 0.1) is 12.7 Å². The van der Waals surface area contributed by atoms with Crippen molar-refractivity contribution in [1.82, 2.24) is 9.72 Å². The lowest BCUT2D eigenvalue weighted by molar-refractivity contribution is 0.0682. The Kier molecular flexibility index (Phi) is 3.76. The third-order valence-corrected chi connectivity index (χ3v) is 3.73. The van der Waals surface area contributed by atoms with Gasteiger partial charge in [0.15, 0.2) is 0 Å². The van der Waals surface area contributed by atoms with Crippen molar-refractivity contribution < 1.29 is 23.6 Å². The molecule has 0 saturated carbocycles. The summed E-state index contributed by atoms with van der Waals surface area (Å²) < 4.78 is 19.6. The van der Waals surface area contributed by atoms with Gasteiger partial charge in [-0.1, -0.05) is 5.16 Å². The number of aromatic nitrogens is 2. The summed E-state index contributed by atoms with van der Waals surface area (Å²) in [6.07, 6.45) is 1.50. The molecule has 0 aliphatic rings. The van der Waals surface area contributed by atoms with Gasteiger partial charge >= 0.3 is 5.97 Å². The minimum atomic E-state index is -1.21. The molecule has 3 rings (SSSR count). The molecule has 2 heterocycles. The number of nitrogens with zero attached hydrogens (tertiary/aromatic N) is 2. The molecule has 24 heavy (non-hydrogen) atoms. The van der Waals surface area contributed by atoms with E-state index >= 15 is 0 Å². The fourth-order valence-electron chi connectivity index (χ4n) is 2.56. The summed E-state index contributed by atoms with van der Waals surface area (Å²) in [7, 11) is 1.54. The number of carbonyl (C=O) groups excluding carboxylic acids is 1. The first-order chi connectivity index (χ1) is 11.4. The van der Waals surface area contributed by atoms with Crippen LogP contribution in [0.3, 0.4) is 0 Å². The van der Waals surface area contributed by atoms with Crippen LogP contribution in [-0.4, -0.2) is 26.6 Å². The van der Waals surface area contributed by atoms with E-state index in [-0.39, 0.29) is 28.3 Å². The first-order valence-electron chi connectivity index (χ1n) is 7.05. The topological polar surface area (TPSA) is 85.3 Å². The molecule has 7 heteroatoms. The van der Waals surface area contributed by atoms with Gasteiger partial charge in [0.25, 0.3) is 0 Å². The van der Waals surface area contributed by atoms with Crippen LogP contribution in [-0.2, 0) is 7.05 Å². The Labute approximate surface area is 136 Å². The summed E-state index contributed by atoms with van der Waals surface area (Å²) in [6.45, 7) is 1.57. The summed E-state index contributed by atoms with van der Waals surface area (Å²) in [6, 6.07) is 6.89. The number of hydrogen-bond donors (Lipinski definition) is 1. The SMILES string of the molecule is Cc1onc(-c2ccc(F)cc2)c1C(=O)c1ccn(C)c1C(=O)O. The van der Waals surface area contributed by atoms with E-state index in [1.165, 1.54) is 41.1 Å². The predicted octanol–water partition coefficient (Wildman–Crippen LogP) is 3.06. The quantitative estimate of drug-likeness (QED) is 0.744. The summed E-state index contributed by atoms with van der Waals surface area (Å²) in [5, 5.41) is 13.2. The van der Waals surface area contributed by atoms with Gasteiger partial charge in [-0.25, -0.2) is 9.18 Å². The Hall–Kier alpha value is -3.22. The van der Waals surface area contributed by atoms with E-state index < -0.39 is 17.6 Å². The zero-order chi connectivity index (χ0) is 17.4. The zero-order valence-electron chi connectivity index (χ0n) is 12.9. The van der Waals surface area contributed by atoms with Gasteiger partial charge in [0, 0.05) is 18.8 Å². The number of hydrogen-bond acceptors (Lipinski definition) is 4. The minimum absolute atomic E-state index is 0.0414. The standard InChI is InChI=1S/C17H13FN2O4/c1-9-13(14(19-24-9)10-3-5-11(18)6-4-10)16(21)12-7-8-20(2)15(12)17(22)23/h3-8H,1-2H3,(H,22,23). The van der Waals surface area contributed by atoms with Gasteiger partial charge in [-0.15, -0.1) is 0 Å². The second kappa shape index (κ2) is 5.77. The number of carboxylic acids is 1. The van der Waals surface area contributed by atoms with Crippen LogP contribution < -0.4 is 0 Å².